The maximum absolute atomic E-state index is 12.0. The second-order valence-corrected chi connectivity index (χ2v) is 4.74. The summed E-state index contributed by atoms with van der Waals surface area (Å²) in [6, 6.07) is 16.6. The Kier molecular flexibility index (Phi) is 3.87. The van der Waals surface area contributed by atoms with Gasteiger partial charge in [-0.3, -0.25) is 9.59 Å². The zero-order valence-corrected chi connectivity index (χ0v) is 11.7. The molecule has 1 aromatic heterocycles. The Labute approximate surface area is 126 Å². The van der Waals surface area contributed by atoms with E-state index in [1.54, 1.807) is 18.2 Å². The molecule has 0 aliphatic carbocycles. The molecule has 0 saturated heterocycles. The molecule has 2 aromatic carbocycles. The predicted molar refractivity (Wildman–Crippen MR) is 83.1 cm³/mol. The Morgan fingerprint density at radius 1 is 0.909 bits per heavy atom. The Morgan fingerprint density at radius 3 is 2.55 bits per heavy atom. The van der Waals surface area contributed by atoms with E-state index in [1.165, 1.54) is 6.26 Å². The highest BCUT2D eigenvalue weighted by Crippen LogP contribution is 2.22. The van der Waals surface area contributed by atoms with E-state index in [0.717, 1.165) is 10.8 Å². The average Bonchev–Trinajstić information content (AvgIpc) is 3.06. The van der Waals surface area contributed by atoms with Crippen LogP contribution in [-0.4, -0.2) is 11.8 Å². The molecular formula is C17H14N2O3. The Bertz CT molecular complexity index is 804. The minimum Gasteiger partial charge on any atom is -0.467 e. The van der Waals surface area contributed by atoms with Gasteiger partial charge in [-0.1, -0.05) is 36.4 Å². The number of carbonyl (C=O) groups is 2. The van der Waals surface area contributed by atoms with Crippen molar-refractivity contribution in [2.45, 2.75) is 6.54 Å². The summed E-state index contributed by atoms with van der Waals surface area (Å²) in [6.45, 7) is 0.175. The fourth-order valence-electron chi connectivity index (χ4n) is 2.17. The molecule has 3 rings (SSSR count). The van der Waals surface area contributed by atoms with Gasteiger partial charge in [0, 0.05) is 11.1 Å². The monoisotopic (exact) mass is 294 g/mol. The van der Waals surface area contributed by atoms with E-state index in [4.69, 9.17) is 4.42 Å². The molecule has 3 aromatic rings. The standard InChI is InChI=1S/C17H14N2O3/c20-16(18-11-13-7-4-10-22-13)17(21)19-15-9-3-6-12-5-1-2-8-14(12)15/h1-10H,11H2,(H,18,20)(H,19,21). The van der Waals surface area contributed by atoms with Gasteiger partial charge in [0.1, 0.15) is 5.76 Å². The van der Waals surface area contributed by atoms with Crippen molar-refractivity contribution in [1.82, 2.24) is 5.32 Å². The van der Waals surface area contributed by atoms with Crippen molar-refractivity contribution in [3.8, 4) is 0 Å². The highest BCUT2D eigenvalue weighted by Gasteiger charge is 2.14. The van der Waals surface area contributed by atoms with Gasteiger partial charge in [0.15, 0.2) is 0 Å². The summed E-state index contributed by atoms with van der Waals surface area (Å²) in [5.41, 5.74) is 0.608. The lowest BCUT2D eigenvalue weighted by Crippen LogP contribution is -2.34. The first-order valence-corrected chi connectivity index (χ1v) is 6.83. The number of fused-ring (bicyclic) bond motifs is 1. The molecule has 0 atom stereocenters. The van der Waals surface area contributed by atoms with E-state index in [2.05, 4.69) is 10.6 Å². The van der Waals surface area contributed by atoms with Crippen molar-refractivity contribution >= 4 is 28.3 Å². The number of amides is 2. The summed E-state index contributed by atoms with van der Waals surface area (Å²) >= 11 is 0. The molecule has 2 N–H and O–H groups in total. The molecule has 0 saturated carbocycles. The van der Waals surface area contributed by atoms with E-state index < -0.39 is 11.8 Å². The first-order valence-electron chi connectivity index (χ1n) is 6.83. The lowest BCUT2D eigenvalue weighted by molar-refractivity contribution is -0.136. The second-order valence-electron chi connectivity index (χ2n) is 4.74. The van der Waals surface area contributed by atoms with Gasteiger partial charge in [0.25, 0.3) is 0 Å². The van der Waals surface area contributed by atoms with Gasteiger partial charge in [0.2, 0.25) is 0 Å². The summed E-state index contributed by atoms with van der Waals surface area (Å²) in [6.07, 6.45) is 1.51. The van der Waals surface area contributed by atoms with Gasteiger partial charge < -0.3 is 15.1 Å². The second kappa shape index (κ2) is 6.13. The molecule has 0 spiro atoms. The number of hydrogen-bond donors (Lipinski definition) is 2. The fourth-order valence-corrected chi connectivity index (χ4v) is 2.17. The zero-order chi connectivity index (χ0) is 15.4. The van der Waals surface area contributed by atoms with Crippen LogP contribution in [0, 0.1) is 0 Å². The maximum atomic E-state index is 12.0. The molecule has 0 aliphatic heterocycles. The molecule has 5 heteroatoms. The molecule has 0 fully saturated rings. The zero-order valence-electron chi connectivity index (χ0n) is 11.7. The molecule has 2 amide bonds. The number of anilines is 1. The average molecular weight is 294 g/mol. The van der Waals surface area contributed by atoms with Gasteiger partial charge in [-0.2, -0.15) is 0 Å². The molecule has 0 bridgehead atoms. The van der Waals surface area contributed by atoms with Crippen molar-refractivity contribution in [3.63, 3.8) is 0 Å². The van der Waals surface area contributed by atoms with Crippen LogP contribution < -0.4 is 10.6 Å². The topological polar surface area (TPSA) is 71.3 Å². The lowest BCUT2D eigenvalue weighted by atomic mass is 10.1. The van der Waals surface area contributed by atoms with Crippen molar-refractivity contribution in [2.75, 3.05) is 5.32 Å². The molecule has 110 valence electrons. The number of furan rings is 1. The third kappa shape index (κ3) is 2.98. The molecule has 0 aliphatic rings. The smallest absolute Gasteiger partial charge is 0.313 e. The number of rotatable bonds is 3. The summed E-state index contributed by atoms with van der Waals surface area (Å²) in [4.78, 5) is 23.8. The SMILES string of the molecule is O=C(NCc1ccco1)C(=O)Nc1cccc2ccccc12. The predicted octanol–water partition coefficient (Wildman–Crippen LogP) is 2.69. The van der Waals surface area contributed by atoms with Crippen LogP contribution in [0.15, 0.2) is 65.3 Å². The Balaban J connectivity index is 1.69. The van der Waals surface area contributed by atoms with E-state index in [9.17, 15) is 9.59 Å². The molecule has 22 heavy (non-hydrogen) atoms. The first kappa shape index (κ1) is 13.9. The largest absolute Gasteiger partial charge is 0.467 e. The first-order chi connectivity index (χ1) is 10.7. The molecule has 0 unspecified atom stereocenters. The minimum absolute atomic E-state index is 0.175. The van der Waals surface area contributed by atoms with E-state index >= 15 is 0 Å². The van der Waals surface area contributed by atoms with Gasteiger partial charge >= 0.3 is 11.8 Å². The van der Waals surface area contributed by atoms with Gasteiger partial charge in [-0.25, -0.2) is 0 Å². The van der Waals surface area contributed by atoms with Crippen LogP contribution in [0.5, 0.6) is 0 Å². The molecule has 5 nitrogen and oxygen atoms in total. The van der Waals surface area contributed by atoms with Crippen molar-refractivity contribution in [1.29, 1.82) is 0 Å². The molecule has 0 radical (unpaired) electrons. The number of benzene rings is 2. The van der Waals surface area contributed by atoms with Crippen LogP contribution in [0.25, 0.3) is 10.8 Å². The van der Waals surface area contributed by atoms with Gasteiger partial charge in [-0.05, 0) is 23.6 Å². The van der Waals surface area contributed by atoms with Crippen molar-refractivity contribution in [3.05, 3.63) is 66.6 Å². The third-order valence-electron chi connectivity index (χ3n) is 3.25. The van der Waals surface area contributed by atoms with Crippen LogP contribution in [-0.2, 0) is 16.1 Å². The maximum Gasteiger partial charge on any atom is 0.313 e. The normalized spacial score (nSPS) is 10.4. The number of hydrogen-bond acceptors (Lipinski definition) is 3. The van der Waals surface area contributed by atoms with E-state index in [-0.39, 0.29) is 6.54 Å². The lowest BCUT2D eigenvalue weighted by Gasteiger charge is -2.08. The highest BCUT2D eigenvalue weighted by molar-refractivity contribution is 6.40. The summed E-state index contributed by atoms with van der Waals surface area (Å²) in [5.74, 6) is -0.821. The quantitative estimate of drug-likeness (QED) is 0.730. The molecular weight excluding hydrogens is 280 g/mol. The van der Waals surface area contributed by atoms with Crippen LogP contribution in [0.2, 0.25) is 0 Å². The summed E-state index contributed by atoms with van der Waals surface area (Å²) < 4.78 is 5.09. The Morgan fingerprint density at radius 2 is 1.73 bits per heavy atom. The number of nitrogens with one attached hydrogen (secondary N) is 2. The van der Waals surface area contributed by atoms with Crippen LogP contribution in [0.3, 0.4) is 0 Å². The van der Waals surface area contributed by atoms with Crippen molar-refractivity contribution in [2.24, 2.45) is 0 Å². The van der Waals surface area contributed by atoms with E-state index in [0.29, 0.717) is 11.4 Å². The minimum atomic E-state index is -0.706. The Hall–Kier alpha value is -3.08. The van der Waals surface area contributed by atoms with Crippen LogP contribution in [0.4, 0.5) is 5.69 Å². The number of carbonyl (C=O) groups excluding carboxylic acids is 2. The van der Waals surface area contributed by atoms with Gasteiger partial charge in [-0.15, -0.1) is 0 Å². The van der Waals surface area contributed by atoms with Gasteiger partial charge in [0.05, 0.1) is 12.8 Å². The molecule has 1 heterocycles. The van der Waals surface area contributed by atoms with Crippen LogP contribution >= 0.6 is 0 Å². The summed E-state index contributed by atoms with van der Waals surface area (Å²) in [7, 11) is 0. The van der Waals surface area contributed by atoms with Crippen molar-refractivity contribution < 1.29 is 14.0 Å². The van der Waals surface area contributed by atoms with E-state index in [1.807, 2.05) is 36.4 Å². The highest BCUT2D eigenvalue weighted by atomic mass is 16.3. The summed E-state index contributed by atoms with van der Waals surface area (Å²) in [5, 5.41) is 7.02. The third-order valence-corrected chi connectivity index (χ3v) is 3.25. The fraction of sp³-hybridized carbons (Fsp3) is 0.0588. The van der Waals surface area contributed by atoms with Crippen LogP contribution in [0.1, 0.15) is 5.76 Å².